The van der Waals surface area contributed by atoms with Gasteiger partial charge >= 0.3 is 0 Å². The molecular formula is C26H23N. The Balaban J connectivity index is 1.49. The molecule has 1 heteroatoms. The lowest BCUT2D eigenvalue weighted by molar-refractivity contribution is 0.923. The van der Waals surface area contributed by atoms with Gasteiger partial charge < -0.3 is 5.32 Å². The molecule has 0 fully saturated rings. The molecule has 0 aromatic heterocycles. The zero-order valence-corrected chi connectivity index (χ0v) is 15.5. The number of rotatable bonds is 5. The largest absolute Gasteiger partial charge is 0.356 e. The maximum atomic E-state index is 3.42. The van der Waals surface area contributed by atoms with Crippen molar-refractivity contribution in [2.45, 2.75) is 12.8 Å². The van der Waals surface area contributed by atoms with Crippen LogP contribution in [-0.4, -0.2) is 0 Å². The Morgan fingerprint density at radius 2 is 0.926 bits per heavy atom. The van der Waals surface area contributed by atoms with Crippen LogP contribution in [0.2, 0.25) is 0 Å². The Morgan fingerprint density at radius 3 is 1.52 bits per heavy atom. The quantitative estimate of drug-likeness (QED) is 0.400. The third-order valence-electron chi connectivity index (χ3n) is 4.99. The molecule has 0 spiro atoms. The number of para-hydroxylation sites is 1. The molecule has 4 aromatic carbocycles. The lowest BCUT2D eigenvalue weighted by Gasteiger charge is -2.13. The first-order valence-electron chi connectivity index (χ1n) is 9.37. The normalized spacial score (nSPS) is 11.7. The first-order valence-corrected chi connectivity index (χ1v) is 9.37. The molecule has 1 atom stereocenters. The van der Waals surface area contributed by atoms with Crippen LogP contribution in [0.25, 0.3) is 11.1 Å². The van der Waals surface area contributed by atoms with E-state index in [1.54, 1.807) is 0 Å². The summed E-state index contributed by atoms with van der Waals surface area (Å²) < 4.78 is 0. The van der Waals surface area contributed by atoms with Crippen LogP contribution in [0.5, 0.6) is 0 Å². The molecule has 0 bridgehead atoms. The monoisotopic (exact) mass is 349 g/mol. The van der Waals surface area contributed by atoms with Crippen molar-refractivity contribution < 1.29 is 0 Å². The second-order valence-corrected chi connectivity index (χ2v) is 6.82. The first-order chi connectivity index (χ1) is 13.3. The van der Waals surface area contributed by atoms with Crippen LogP contribution >= 0.6 is 0 Å². The van der Waals surface area contributed by atoms with Crippen molar-refractivity contribution in [3.63, 3.8) is 0 Å². The minimum absolute atomic E-state index is 0.401. The average Bonchev–Trinajstić information content (AvgIpc) is 2.75. The Kier molecular flexibility index (Phi) is 5.02. The standard InChI is InChI=1S/C26H23N/c1-20(21-8-4-2-5-9-21)22-12-14-23(15-13-22)24-16-18-26(19-17-24)27-25-10-6-3-7-11-25/h2-20,27H,1H3. The van der Waals surface area contributed by atoms with E-state index < -0.39 is 0 Å². The third-order valence-corrected chi connectivity index (χ3v) is 4.99. The number of nitrogens with one attached hydrogen (secondary N) is 1. The van der Waals surface area contributed by atoms with E-state index in [0.29, 0.717) is 5.92 Å². The molecule has 4 rings (SSSR count). The van der Waals surface area contributed by atoms with E-state index >= 15 is 0 Å². The van der Waals surface area contributed by atoms with E-state index in [1.807, 2.05) is 18.2 Å². The van der Waals surface area contributed by atoms with E-state index in [1.165, 1.54) is 22.3 Å². The van der Waals surface area contributed by atoms with Gasteiger partial charge in [-0.15, -0.1) is 0 Å². The minimum atomic E-state index is 0.401. The van der Waals surface area contributed by atoms with Crippen molar-refractivity contribution in [1.29, 1.82) is 0 Å². The molecular weight excluding hydrogens is 326 g/mol. The van der Waals surface area contributed by atoms with Gasteiger partial charge in [0.05, 0.1) is 0 Å². The van der Waals surface area contributed by atoms with Gasteiger partial charge in [-0.25, -0.2) is 0 Å². The maximum Gasteiger partial charge on any atom is 0.0384 e. The SMILES string of the molecule is CC(c1ccccc1)c1ccc(-c2ccc(Nc3ccccc3)cc2)cc1. The van der Waals surface area contributed by atoms with E-state index in [0.717, 1.165) is 11.4 Å². The summed E-state index contributed by atoms with van der Waals surface area (Å²) in [5, 5.41) is 3.42. The van der Waals surface area contributed by atoms with E-state index in [-0.39, 0.29) is 0 Å². The van der Waals surface area contributed by atoms with Crippen molar-refractivity contribution >= 4 is 11.4 Å². The molecule has 1 nitrogen and oxygen atoms in total. The molecule has 27 heavy (non-hydrogen) atoms. The summed E-state index contributed by atoms with van der Waals surface area (Å²) in [6.07, 6.45) is 0. The number of benzene rings is 4. The minimum Gasteiger partial charge on any atom is -0.356 e. The van der Waals surface area contributed by atoms with Gasteiger partial charge in [-0.1, -0.05) is 91.9 Å². The molecule has 0 amide bonds. The van der Waals surface area contributed by atoms with Crippen molar-refractivity contribution in [2.75, 3.05) is 5.32 Å². The van der Waals surface area contributed by atoms with Gasteiger partial charge in [0.25, 0.3) is 0 Å². The lowest BCUT2D eigenvalue weighted by atomic mass is 9.92. The van der Waals surface area contributed by atoms with E-state index in [4.69, 9.17) is 0 Å². The molecule has 0 radical (unpaired) electrons. The third kappa shape index (κ3) is 4.09. The van der Waals surface area contributed by atoms with Crippen molar-refractivity contribution in [3.05, 3.63) is 120 Å². The highest BCUT2D eigenvalue weighted by Gasteiger charge is 2.08. The Hall–Kier alpha value is -3.32. The highest BCUT2D eigenvalue weighted by atomic mass is 14.9. The predicted molar refractivity (Wildman–Crippen MR) is 116 cm³/mol. The molecule has 1 unspecified atom stereocenters. The van der Waals surface area contributed by atoms with Gasteiger partial charge in [0.15, 0.2) is 0 Å². The topological polar surface area (TPSA) is 12.0 Å². The van der Waals surface area contributed by atoms with Crippen LogP contribution in [-0.2, 0) is 0 Å². The van der Waals surface area contributed by atoms with E-state index in [2.05, 4.69) is 103 Å². The fourth-order valence-corrected chi connectivity index (χ4v) is 3.33. The predicted octanol–water partition coefficient (Wildman–Crippen LogP) is 7.25. The zero-order chi connectivity index (χ0) is 18.5. The van der Waals surface area contributed by atoms with Crippen molar-refractivity contribution in [3.8, 4) is 11.1 Å². The lowest BCUT2D eigenvalue weighted by Crippen LogP contribution is -1.95. The van der Waals surface area contributed by atoms with Gasteiger partial charge in [0.2, 0.25) is 0 Å². The number of anilines is 2. The second-order valence-electron chi connectivity index (χ2n) is 6.82. The Labute approximate surface area is 161 Å². The van der Waals surface area contributed by atoms with Gasteiger partial charge in [0.1, 0.15) is 0 Å². The van der Waals surface area contributed by atoms with Crippen molar-refractivity contribution in [2.24, 2.45) is 0 Å². The van der Waals surface area contributed by atoms with Gasteiger partial charge in [0, 0.05) is 17.3 Å². The van der Waals surface area contributed by atoms with Crippen LogP contribution in [0.4, 0.5) is 11.4 Å². The molecule has 0 aliphatic rings. The molecule has 4 aromatic rings. The summed E-state index contributed by atoms with van der Waals surface area (Å²) in [6, 6.07) is 38.4. The summed E-state index contributed by atoms with van der Waals surface area (Å²) in [5.41, 5.74) is 7.36. The number of hydrogen-bond donors (Lipinski definition) is 1. The number of hydrogen-bond acceptors (Lipinski definition) is 1. The Morgan fingerprint density at radius 1 is 0.481 bits per heavy atom. The molecule has 132 valence electrons. The highest BCUT2D eigenvalue weighted by molar-refractivity contribution is 5.68. The van der Waals surface area contributed by atoms with Gasteiger partial charge in [-0.05, 0) is 46.5 Å². The zero-order valence-electron chi connectivity index (χ0n) is 15.5. The van der Waals surface area contributed by atoms with Crippen LogP contribution < -0.4 is 5.32 Å². The highest BCUT2D eigenvalue weighted by Crippen LogP contribution is 2.28. The smallest absolute Gasteiger partial charge is 0.0384 e. The fraction of sp³-hybridized carbons (Fsp3) is 0.0769. The molecule has 0 aliphatic carbocycles. The van der Waals surface area contributed by atoms with Crippen LogP contribution in [0.1, 0.15) is 24.0 Å². The summed E-state index contributed by atoms with van der Waals surface area (Å²) in [7, 11) is 0. The van der Waals surface area contributed by atoms with Gasteiger partial charge in [-0.2, -0.15) is 0 Å². The summed E-state index contributed by atoms with van der Waals surface area (Å²) in [5.74, 6) is 0.401. The molecule has 0 heterocycles. The summed E-state index contributed by atoms with van der Waals surface area (Å²) in [6.45, 7) is 2.26. The van der Waals surface area contributed by atoms with E-state index in [9.17, 15) is 0 Å². The molecule has 0 saturated carbocycles. The van der Waals surface area contributed by atoms with Crippen LogP contribution in [0.15, 0.2) is 109 Å². The summed E-state index contributed by atoms with van der Waals surface area (Å²) in [4.78, 5) is 0. The van der Waals surface area contributed by atoms with Crippen LogP contribution in [0.3, 0.4) is 0 Å². The van der Waals surface area contributed by atoms with Gasteiger partial charge in [-0.3, -0.25) is 0 Å². The molecule has 0 saturated heterocycles. The summed E-state index contributed by atoms with van der Waals surface area (Å²) >= 11 is 0. The molecule has 0 aliphatic heterocycles. The fourth-order valence-electron chi connectivity index (χ4n) is 3.33. The van der Waals surface area contributed by atoms with Crippen molar-refractivity contribution in [1.82, 2.24) is 0 Å². The molecule has 1 N–H and O–H groups in total. The second kappa shape index (κ2) is 7.92. The first kappa shape index (κ1) is 17.1. The Bertz CT molecular complexity index is 972. The van der Waals surface area contributed by atoms with Crippen LogP contribution in [0, 0.1) is 0 Å². The average molecular weight is 349 g/mol. The maximum absolute atomic E-state index is 3.42.